The van der Waals surface area contributed by atoms with Crippen LogP contribution in [0, 0.1) is 5.41 Å². The molecule has 0 fully saturated rings. The van der Waals surface area contributed by atoms with E-state index in [0.717, 1.165) is 17.3 Å². The number of hydrogen-bond donors (Lipinski definition) is 2. The van der Waals surface area contributed by atoms with E-state index in [4.69, 9.17) is 10.5 Å². The van der Waals surface area contributed by atoms with Crippen molar-refractivity contribution in [3.05, 3.63) is 22.7 Å². The minimum Gasteiger partial charge on any atom is -0.497 e. The van der Waals surface area contributed by atoms with Gasteiger partial charge in [-0.25, -0.2) is 0 Å². The topological polar surface area (TPSA) is 64.4 Å². The lowest BCUT2D eigenvalue weighted by molar-refractivity contribution is -0.125. The molecule has 1 aromatic carbocycles. The molecule has 1 rings (SSSR count). The Labute approximate surface area is 122 Å². The summed E-state index contributed by atoms with van der Waals surface area (Å²) in [6, 6.07) is 5.47. The number of methoxy groups -OCH3 is 1. The zero-order valence-corrected chi connectivity index (χ0v) is 13.2. The zero-order chi connectivity index (χ0) is 14.5. The van der Waals surface area contributed by atoms with E-state index in [1.165, 1.54) is 0 Å². The maximum absolute atomic E-state index is 12.4. The van der Waals surface area contributed by atoms with Gasteiger partial charge in [-0.2, -0.15) is 0 Å². The molecule has 1 amide bonds. The lowest BCUT2D eigenvalue weighted by Gasteiger charge is -2.28. The number of amides is 1. The molecular weight excluding hydrogens is 308 g/mol. The van der Waals surface area contributed by atoms with E-state index in [2.05, 4.69) is 21.2 Å². The smallest absolute Gasteiger partial charge is 0.231 e. The second-order valence-corrected chi connectivity index (χ2v) is 5.44. The first-order valence-electron chi connectivity index (χ1n) is 6.37. The molecule has 19 heavy (non-hydrogen) atoms. The molecule has 0 heterocycles. The highest BCUT2D eigenvalue weighted by Crippen LogP contribution is 2.29. The van der Waals surface area contributed by atoms with E-state index in [-0.39, 0.29) is 5.91 Å². The van der Waals surface area contributed by atoms with Gasteiger partial charge in [-0.15, -0.1) is 0 Å². The van der Waals surface area contributed by atoms with Crippen LogP contribution < -0.4 is 15.8 Å². The minimum absolute atomic E-state index is 0.0415. The molecule has 1 aromatic rings. The fourth-order valence-corrected chi connectivity index (χ4v) is 2.44. The van der Waals surface area contributed by atoms with E-state index in [1.807, 2.05) is 26.0 Å². The molecule has 0 atom stereocenters. The van der Waals surface area contributed by atoms with E-state index >= 15 is 0 Å². The van der Waals surface area contributed by atoms with Gasteiger partial charge < -0.3 is 15.8 Å². The average molecular weight is 329 g/mol. The fraction of sp³-hybridized carbons (Fsp3) is 0.500. The molecular formula is C14H21BrN2O2. The zero-order valence-electron chi connectivity index (χ0n) is 11.6. The van der Waals surface area contributed by atoms with E-state index < -0.39 is 5.41 Å². The lowest BCUT2D eigenvalue weighted by atomic mass is 9.81. The highest BCUT2D eigenvalue weighted by Gasteiger charge is 2.33. The van der Waals surface area contributed by atoms with Crippen molar-refractivity contribution in [2.45, 2.75) is 26.7 Å². The standard InChI is InChI=1S/C14H21BrN2O2/c1-4-14(5-2,9-16)13(18)17-11-6-10(15)7-12(8-11)19-3/h6-8H,4-5,9,16H2,1-3H3,(H,17,18). The number of carbonyl (C=O) groups is 1. The number of anilines is 1. The Balaban J connectivity index is 2.95. The van der Waals surface area contributed by atoms with Gasteiger partial charge >= 0.3 is 0 Å². The van der Waals surface area contributed by atoms with Crippen molar-refractivity contribution in [1.82, 2.24) is 0 Å². The first-order chi connectivity index (χ1) is 9.01. The minimum atomic E-state index is -0.504. The molecule has 0 aliphatic heterocycles. The molecule has 0 saturated heterocycles. The average Bonchev–Trinajstić information content (AvgIpc) is 2.40. The van der Waals surface area contributed by atoms with Crippen molar-refractivity contribution in [1.29, 1.82) is 0 Å². The van der Waals surface area contributed by atoms with Gasteiger partial charge in [-0.1, -0.05) is 29.8 Å². The van der Waals surface area contributed by atoms with Crippen LogP contribution in [-0.2, 0) is 4.79 Å². The van der Waals surface area contributed by atoms with Crippen molar-refractivity contribution >= 4 is 27.5 Å². The Hall–Kier alpha value is -1.07. The van der Waals surface area contributed by atoms with Crippen molar-refractivity contribution in [3.63, 3.8) is 0 Å². The number of nitrogens with one attached hydrogen (secondary N) is 1. The summed E-state index contributed by atoms with van der Waals surface area (Å²) in [7, 11) is 1.59. The number of nitrogens with two attached hydrogens (primary N) is 1. The fourth-order valence-electron chi connectivity index (χ4n) is 1.97. The Morgan fingerprint density at radius 3 is 2.47 bits per heavy atom. The lowest BCUT2D eigenvalue weighted by Crippen LogP contribution is -2.41. The van der Waals surface area contributed by atoms with Gasteiger partial charge in [0.2, 0.25) is 5.91 Å². The molecule has 0 aliphatic rings. The predicted molar refractivity (Wildman–Crippen MR) is 81.4 cm³/mol. The van der Waals surface area contributed by atoms with E-state index in [0.29, 0.717) is 18.0 Å². The molecule has 0 radical (unpaired) electrons. The van der Waals surface area contributed by atoms with Crippen LogP contribution in [0.3, 0.4) is 0 Å². The Morgan fingerprint density at radius 2 is 2.00 bits per heavy atom. The van der Waals surface area contributed by atoms with Crippen molar-refractivity contribution in [3.8, 4) is 5.75 Å². The maximum Gasteiger partial charge on any atom is 0.231 e. The van der Waals surface area contributed by atoms with Crippen LogP contribution in [-0.4, -0.2) is 19.6 Å². The number of ether oxygens (including phenoxy) is 1. The third-order valence-electron chi connectivity index (χ3n) is 3.59. The molecule has 4 nitrogen and oxygen atoms in total. The summed E-state index contributed by atoms with van der Waals surface area (Å²) in [5.41, 5.74) is 5.97. The van der Waals surface area contributed by atoms with Crippen LogP contribution in [0.15, 0.2) is 22.7 Å². The van der Waals surface area contributed by atoms with Crippen LogP contribution in [0.2, 0.25) is 0 Å². The van der Waals surface area contributed by atoms with Crippen LogP contribution >= 0.6 is 15.9 Å². The normalized spacial score (nSPS) is 11.2. The summed E-state index contributed by atoms with van der Waals surface area (Å²) >= 11 is 3.39. The quantitative estimate of drug-likeness (QED) is 0.843. The molecule has 0 saturated carbocycles. The SMILES string of the molecule is CCC(CC)(CN)C(=O)Nc1cc(Br)cc(OC)c1. The van der Waals surface area contributed by atoms with Crippen molar-refractivity contribution < 1.29 is 9.53 Å². The second kappa shape index (κ2) is 6.91. The van der Waals surface area contributed by atoms with Crippen LogP contribution in [0.25, 0.3) is 0 Å². The number of benzene rings is 1. The number of rotatable bonds is 6. The summed E-state index contributed by atoms with van der Waals surface area (Å²) in [4.78, 5) is 12.4. The molecule has 106 valence electrons. The molecule has 0 spiro atoms. The molecule has 5 heteroatoms. The Morgan fingerprint density at radius 1 is 1.37 bits per heavy atom. The maximum atomic E-state index is 12.4. The van der Waals surface area contributed by atoms with Gasteiger partial charge in [0.05, 0.1) is 12.5 Å². The molecule has 0 aliphatic carbocycles. The number of halogens is 1. The molecule has 0 bridgehead atoms. The first kappa shape index (κ1) is 16.0. The summed E-state index contributed by atoms with van der Waals surface area (Å²) in [6.07, 6.45) is 1.44. The summed E-state index contributed by atoms with van der Waals surface area (Å²) in [6.45, 7) is 4.31. The molecule has 0 unspecified atom stereocenters. The van der Waals surface area contributed by atoms with E-state index in [1.54, 1.807) is 13.2 Å². The molecule has 3 N–H and O–H groups in total. The summed E-state index contributed by atoms with van der Waals surface area (Å²) in [5.74, 6) is 0.649. The van der Waals surface area contributed by atoms with Crippen LogP contribution in [0.4, 0.5) is 5.69 Å². The summed E-state index contributed by atoms with van der Waals surface area (Å²) in [5, 5.41) is 2.92. The Kier molecular flexibility index (Phi) is 5.82. The third kappa shape index (κ3) is 3.70. The summed E-state index contributed by atoms with van der Waals surface area (Å²) < 4.78 is 6.03. The van der Waals surface area contributed by atoms with Gasteiger partial charge in [0.1, 0.15) is 5.75 Å². The van der Waals surface area contributed by atoms with Gasteiger partial charge in [-0.3, -0.25) is 4.79 Å². The second-order valence-electron chi connectivity index (χ2n) is 4.53. The van der Waals surface area contributed by atoms with Crippen molar-refractivity contribution in [2.24, 2.45) is 11.1 Å². The number of carbonyl (C=O) groups excluding carboxylic acids is 1. The van der Waals surface area contributed by atoms with Crippen LogP contribution in [0.1, 0.15) is 26.7 Å². The largest absolute Gasteiger partial charge is 0.497 e. The van der Waals surface area contributed by atoms with Crippen molar-refractivity contribution in [2.75, 3.05) is 19.0 Å². The predicted octanol–water partition coefficient (Wildman–Crippen LogP) is 3.16. The van der Waals surface area contributed by atoms with Gasteiger partial charge in [0, 0.05) is 22.8 Å². The Bertz CT molecular complexity index is 437. The number of hydrogen-bond acceptors (Lipinski definition) is 3. The van der Waals surface area contributed by atoms with Crippen LogP contribution in [0.5, 0.6) is 5.75 Å². The highest BCUT2D eigenvalue weighted by atomic mass is 79.9. The van der Waals surface area contributed by atoms with Gasteiger partial charge in [0.15, 0.2) is 0 Å². The highest BCUT2D eigenvalue weighted by molar-refractivity contribution is 9.10. The monoisotopic (exact) mass is 328 g/mol. The van der Waals surface area contributed by atoms with E-state index in [9.17, 15) is 4.79 Å². The first-order valence-corrected chi connectivity index (χ1v) is 7.16. The molecule has 0 aromatic heterocycles. The third-order valence-corrected chi connectivity index (χ3v) is 4.05. The van der Waals surface area contributed by atoms with Gasteiger partial charge in [0.25, 0.3) is 0 Å². The van der Waals surface area contributed by atoms with Gasteiger partial charge in [-0.05, 0) is 25.0 Å².